The Hall–Kier alpha value is -2.36. The van der Waals surface area contributed by atoms with E-state index in [0.29, 0.717) is 11.5 Å². The zero-order valence-corrected chi connectivity index (χ0v) is 12.3. The highest BCUT2D eigenvalue weighted by molar-refractivity contribution is 5.84. The Kier molecular flexibility index (Phi) is 3.16. The Morgan fingerprint density at radius 2 is 1.86 bits per heavy atom. The van der Waals surface area contributed by atoms with Crippen molar-refractivity contribution in [2.24, 2.45) is 0 Å². The molecule has 2 heterocycles. The Labute approximate surface area is 122 Å². The average Bonchev–Trinajstić information content (AvgIpc) is 2.83. The highest BCUT2D eigenvalue weighted by Crippen LogP contribution is 2.32. The van der Waals surface area contributed by atoms with E-state index in [0.717, 1.165) is 16.6 Å². The minimum Gasteiger partial charge on any atom is -0.455 e. The summed E-state index contributed by atoms with van der Waals surface area (Å²) < 4.78 is 18.7. The molecule has 0 amide bonds. The minimum absolute atomic E-state index is 0.0194. The third-order valence-corrected chi connectivity index (χ3v) is 3.40. The molecule has 0 aliphatic rings. The van der Waals surface area contributed by atoms with Crippen molar-refractivity contribution >= 4 is 11.0 Å². The van der Waals surface area contributed by atoms with E-state index in [1.165, 1.54) is 12.1 Å². The molecule has 108 valence electrons. The molecule has 0 spiro atoms. The van der Waals surface area contributed by atoms with Crippen molar-refractivity contribution in [3.8, 4) is 11.5 Å². The fourth-order valence-electron chi connectivity index (χ4n) is 2.10. The van der Waals surface area contributed by atoms with Gasteiger partial charge in [0.1, 0.15) is 17.2 Å². The van der Waals surface area contributed by atoms with Crippen LogP contribution in [0.4, 0.5) is 4.39 Å². The van der Waals surface area contributed by atoms with Crippen LogP contribution >= 0.6 is 0 Å². The molecule has 1 N–H and O–H groups in total. The van der Waals surface area contributed by atoms with Gasteiger partial charge in [0.2, 0.25) is 0 Å². The van der Waals surface area contributed by atoms with Gasteiger partial charge in [0.15, 0.2) is 5.75 Å². The predicted octanol–water partition coefficient (Wildman–Crippen LogP) is 4.79. The van der Waals surface area contributed by atoms with E-state index in [4.69, 9.17) is 4.74 Å². The normalized spacial score (nSPS) is 11.8. The number of hydrogen-bond donors (Lipinski definition) is 1. The molecule has 0 saturated heterocycles. The second-order valence-electron chi connectivity index (χ2n) is 6.08. The van der Waals surface area contributed by atoms with Crippen LogP contribution in [0, 0.1) is 5.82 Å². The number of benzene rings is 1. The summed E-state index contributed by atoms with van der Waals surface area (Å²) in [7, 11) is 0. The fraction of sp³-hybridized carbons (Fsp3) is 0.235. The summed E-state index contributed by atoms with van der Waals surface area (Å²) in [6.45, 7) is 6.43. The highest BCUT2D eigenvalue weighted by Gasteiger charge is 2.16. The second-order valence-corrected chi connectivity index (χ2v) is 6.08. The molecule has 21 heavy (non-hydrogen) atoms. The van der Waals surface area contributed by atoms with Gasteiger partial charge in [-0.1, -0.05) is 20.8 Å². The SMILES string of the molecule is CC(C)(C)c1cnc2[nH]cc(Oc3ccc(F)cc3)c2c1. The number of halogens is 1. The number of ether oxygens (including phenoxy) is 1. The van der Waals surface area contributed by atoms with Crippen LogP contribution in [-0.2, 0) is 5.41 Å². The van der Waals surface area contributed by atoms with Crippen LogP contribution in [0.25, 0.3) is 11.0 Å². The van der Waals surface area contributed by atoms with Gasteiger partial charge in [-0.25, -0.2) is 9.37 Å². The summed E-state index contributed by atoms with van der Waals surface area (Å²) in [6.07, 6.45) is 3.65. The van der Waals surface area contributed by atoms with Gasteiger partial charge in [-0.2, -0.15) is 0 Å². The number of fused-ring (bicyclic) bond motifs is 1. The molecule has 0 atom stereocenters. The largest absolute Gasteiger partial charge is 0.455 e. The first kappa shape index (κ1) is 13.6. The van der Waals surface area contributed by atoms with Crippen molar-refractivity contribution in [2.75, 3.05) is 0 Å². The third-order valence-electron chi connectivity index (χ3n) is 3.40. The molecule has 3 aromatic rings. The molecule has 1 aromatic carbocycles. The van der Waals surface area contributed by atoms with E-state index >= 15 is 0 Å². The van der Waals surface area contributed by atoms with E-state index < -0.39 is 0 Å². The lowest BCUT2D eigenvalue weighted by molar-refractivity contribution is 0.486. The van der Waals surface area contributed by atoms with Crippen LogP contribution in [0.2, 0.25) is 0 Å². The molecule has 0 unspecified atom stereocenters. The van der Waals surface area contributed by atoms with Crippen LogP contribution in [0.1, 0.15) is 26.3 Å². The molecule has 0 aliphatic carbocycles. The van der Waals surface area contributed by atoms with Crippen molar-refractivity contribution in [1.29, 1.82) is 0 Å². The molecule has 0 fully saturated rings. The molecule has 0 saturated carbocycles. The van der Waals surface area contributed by atoms with Gasteiger partial charge in [-0.15, -0.1) is 0 Å². The zero-order chi connectivity index (χ0) is 15.0. The molecule has 0 aliphatic heterocycles. The summed E-state index contributed by atoms with van der Waals surface area (Å²) in [5.74, 6) is 1.01. The number of nitrogens with zero attached hydrogens (tertiary/aromatic N) is 1. The smallest absolute Gasteiger partial charge is 0.154 e. The number of H-pyrrole nitrogens is 1. The molecule has 2 aromatic heterocycles. The first-order valence-corrected chi connectivity index (χ1v) is 6.84. The van der Waals surface area contributed by atoms with Gasteiger partial charge in [-0.3, -0.25) is 0 Å². The van der Waals surface area contributed by atoms with Crippen LogP contribution in [0.5, 0.6) is 11.5 Å². The topological polar surface area (TPSA) is 37.9 Å². The minimum atomic E-state index is -0.280. The number of aromatic amines is 1. The number of nitrogens with one attached hydrogen (secondary N) is 1. The van der Waals surface area contributed by atoms with Gasteiger partial charge in [-0.05, 0) is 41.3 Å². The Bertz CT molecular complexity index is 770. The van der Waals surface area contributed by atoms with Gasteiger partial charge in [0.05, 0.1) is 5.39 Å². The van der Waals surface area contributed by atoms with Gasteiger partial charge in [0, 0.05) is 12.4 Å². The molecule has 4 heteroatoms. The van der Waals surface area contributed by atoms with Crippen molar-refractivity contribution in [2.45, 2.75) is 26.2 Å². The van der Waals surface area contributed by atoms with Crippen molar-refractivity contribution in [3.63, 3.8) is 0 Å². The van der Waals surface area contributed by atoms with Crippen LogP contribution in [-0.4, -0.2) is 9.97 Å². The standard InChI is InChI=1S/C17H17FN2O/c1-17(2,3)11-8-14-15(10-20-16(14)19-9-11)21-13-6-4-12(18)5-7-13/h4-10H,1-3H3,(H,19,20). The second kappa shape index (κ2) is 4.88. The van der Waals surface area contributed by atoms with Crippen molar-refractivity contribution < 1.29 is 9.13 Å². The van der Waals surface area contributed by atoms with Crippen molar-refractivity contribution in [3.05, 3.63) is 54.1 Å². The van der Waals surface area contributed by atoms with E-state index in [1.54, 1.807) is 18.3 Å². The maximum atomic E-state index is 12.9. The number of aromatic nitrogens is 2. The lowest BCUT2D eigenvalue weighted by Gasteiger charge is -2.18. The quantitative estimate of drug-likeness (QED) is 0.734. The average molecular weight is 284 g/mol. The highest BCUT2D eigenvalue weighted by atomic mass is 19.1. The summed E-state index contributed by atoms with van der Waals surface area (Å²) in [5.41, 5.74) is 1.93. The van der Waals surface area contributed by atoms with Gasteiger partial charge in [0.25, 0.3) is 0 Å². The van der Waals surface area contributed by atoms with Crippen LogP contribution in [0.15, 0.2) is 42.7 Å². The van der Waals surface area contributed by atoms with E-state index in [1.807, 2.05) is 6.20 Å². The first-order chi connectivity index (χ1) is 9.93. The van der Waals surface area contributed by atoms with Gasteiger partial charge < -0.3 is 9.72 Å². The van der Waals surface area contributed by atoms with Crippen LogP contribution in [0.3, 0.4) is 0 Å². The summed E-state index contributed by atoms with van der Waals surface area (Å²) in [4.78, 5) is 7.52. The van der Waals surface area contributed by atoms with E-state index in [2.05, 4.69) is 36.8 Å². The number of pyridine rings is 1. The maximum Gasteiger partial charge on any atom is 0.154 e. The number of rotatable bonds is 2. The Balaban J connectivity index is 2.00. The molecule has 0 radical (unpaired) electrons. The first-order valence-electron chi connectivity index (χ1n) is 6.84. The predicted molar refractivity (Wildman–Crippen MR) is 81.3 cm³/mol. The van der Waals surface area contributed by atoms with Gasteiger partial charge >= 0.3 is 0 Å². The monoisotopic (exact) mass is 284 g/mol. The lowest BCUT2D eigenvalue weighted by Crippen LogP contribution is -2.11. The summed E-state index contributed by atoms with van der Waals surface area (Å²) >= 11 is 0. The maximum absolute atomic E-state index is 12.9. The summed E-state index contributed by atoms with van der Waals surface area (Å²) in [5, 5.41) is 0.923. The Morgan fingerprint density at radius 3 is 2.52 bits per heavy atom. The van der Waals surface area contributed by atoms with Crippen molar-refractivity contribution in [1.82, 2.24) is 9.97 Å². The molecular weight excluding hydrogens is 267 g/mol. The fourth-order valence-corrected chi connectivity index (χ4v) is 2.10. The number of hydrogen-bond acceptors (Lipinski definition) is 2. The molecular formula is C17H17FN2O. The third kappa shape index (κ3) is 2.75. The molecule has 3 rings (SSSR count). The molecule has 0 bridgehead atoms. The molecule has 3 nitrogen and oxygen atoms in total. The van der Waals surface area contributed by atoms with E-state index in [-0.39, 0.29) is 11.2 Å². The zero-order valence-electron chi connectivity index (χ0n) is 12.3. The van der Waals surface area contributed by atoms with E-state index in [9.17, 15) is 4.39 Å². The Morgan fingerprint density at radius 1 is 1.14 bits per heavy atom. The van der Waals surface area contributed by atoms with Crippen LogP contribution < -0.4 is 4.74 Å². The summed E-state index contributed by atoms with van der Waals surface area (Å²) in [6, 6.07) is 8.05. The lowest BCUT2D eigenvalue weighted by atomic mass is 9.88.